The summed E-state index contributed by atoms with van der Waals surface area (Å²) >= 11 is 3.19. The van der Waals surface area contributed by atoms with E-state index in [0.717, 1.165) is 29.5 Å². The van der Waals surface area contributed by atoms with Crippen LogP contribution in [0.3, 0.4) is 0 Å². The molecule has 0 saturated carbocycles. The van der Waals surface area contributed by atoms with Crippen molar-refractivity contribution >= 4 is 63.1 Å². The summed E-state index contributed by atoms with van der Waals surface area (Å²) in [6.07, 6.45) is 0. The van der Waals surface area contributed by atoms with Crippen LogP contribution in [0.25, 0.3) is 0 Å². The van der Waals surface area contributed by atoms with Gasteiger partial charge in [-0.2, -0.15) is 16.1 Å². The van der Waals surface area contributed by atoms with Crippen LogP contribution in [0.1, 0.15) is 4.88 Å². The molecule has 0 atom stereocenters. The summed E-state index contributed by atoms with van der Waals surface area (Å²) in [7, 11) is -3.42. The van der Waals surface area contributed by atoms with Crippen LogP contribution in [-0.2, 0) is 21.3 Å². The Labute approximate surface area is 174 Å². The Balaban J connectivity index is 0.00000225. The lowest BCUT2D eigenvalue weighted by Gasteiger charge is -2.27. The van der Waals surface area contributed by atoms with Crippen molar-refractivity contribution in [3.05, 3.63) is 17.0 Å². The quantitative estimate of drug-likeness (QED) is 0.367. The van der Waals surface area contributed by atoms with E-state index < -0.39 is 10.0 Å². The number of hydrogen-bond donors (Lipinski definition) is 1. The molecular formula is C14H23IN4O3S3. The van der Waals surface area contributed by atoms with E-state index in [1.165, 1.54) is 15.6 Å². The average Bonchev–Trinajstić information content (AvgIpc) is 3.11. The van der Waals surface area contributed by atoms with Crippen LogP contribution in [0.2, 0.25) is 0 Å². The first kappa shape index (κ1) is 21.2. The molecule has 25 heavy (non-hydrogen) atoms. The number of aliphatic imine (C=N–C) groups is 1. The van der Waals surface area contributed by atoms with E-state index in [0.29, 0.717) is 43.0 Å². The molecule has 0 radical (unpaired) electrons. The molecular weight excluding hydrogens is 495 g/mol. The van der Waals surface area contributed by atoms with Gasteiger partial charge < -0.3 is 15.4 Å². The molecule has 3 rings (SSSR count). The third-order valence-corrected chi connectivity index (χ3v) is 8.31. The molecule has 0 unspecified atom stereocenters. The van der Waals surface area contributed by atoms with Gasteiger partial charge in [0.2, 0.25) is 0 Å². The second-order valence-electron chi connectivity index (χ2n) is 5.51. The summed E-state index contributed by atoms with van der Waals surface area (Å²) in [5.41, 5.74) is 6.04. The first-order chi connectivity index (χ1) is 11.6. The Hall–Kier alpha value is -0.0800. The topological polar surface area (TPSA) is 88.2 Å². The largest absolute Gasteiger partial charge is 0.379 e. The normalized spacial score (nSPS) is 20.3. The first-order valence-electron chi connectivity index (χ1n) is 7.86. The summed E-state index contributed by atoms with van der Waals surface area (Å²) in [4.78, 5) is 7.40. The van der Waals surface area contributed by atoms with E-state index in [1.807, 2.05) is 17.8 Å². The third-order valence-electron chi connectivity index (χ3n) is 3.93. The van der Waals surface area contributed by atoms with E-state index in [-0.39, 0.29) is 24.0 Å². The molecule has 2 N–H and O–H groups in total. The number of halogens is 1. The minimum atomic E-state index is -3.42. The van der Waals surface area contributed by atoms with Gasteiger partial charge in [0.1, 0.15) is 4.21 Å². The van der Waals surface area contributed by atoms with Crippen molar-refractivity contribution in [2.45, 2.75) is 10.8 Å². The van der Waals surface area contributed by atoms with Crippen molar-refractivity contribution in [3.8, 4) is 0 Å². The molecule has 142 valence electrons. The van der Waals surface area contributed by atoms with Crippen LogP contribution in [0.15, 0.2) is 21.3 Å². The van der Waals surface area contributed by atoms with Crippen LogP contribution >= 0.6 is 47.1 Å². The molecule has 0 aromatic carbocycles. The van der Waals surface area contributed by atoms with E-state index in [1.54, 1.807) is 6.07 Å². The van der Waals surface area contributed by atoms with Gasteiger partial charge in [0.25, 0.3) is 10.0 Å². The van der Waals surface area contributed by atoms with E-state index >= 15 is 0 Å². The molecule has 0 spiro atoms. The summed E-state index contributed by atoms with van der Waals surface area (Å²) in [5, 5.41) is 0. The highest BCUT2D eigenvalue weighted by Crippen LogP contribution is 2.26. The second-order valence-corrected chi connectivity index (χ2v) is 10.1. The van der Waals surface area contributed by atoms with Gasteiger partial charge >= 0.3 is 0 Å². The average molecular weight is 518 g/mol. The summed E-state index contributed by atoms with van der Waals surface area (Å²) in [5.74, 6) is 2.68. The van der Waals surface area contributed by atoms with Crippen LogP contribution in [0.5, 0.6) is 0 Å². The van der Waals surface area contributed by atoms with Gasteiger partial charge in [-0.05, 0) is 12.1 Å². The number of ether oxygens (including phenoxy) is 1. The number of guanidine groups is 1. The molecule has 2 aliphatic heterocycles. The number of morpholine rings is 1. The van der Waals surface area contributed by atoms with Crippen molar-refractivity contribution in [2.24, 2.45) is 10.7 Å². The number of thioether (sulfide) groups is 1. The molecule has 2 saturated heterocycles. The van der Waals surface area contributed by atoms with Crippen LogP contribution < -0.4 is 5.73 Å². The van der Waals surface area contributed by atoms with Crippen molar-refractivity contribution in [2.75, 3.05) is 50.9 Å². The fourth-order valence-corrected chi connectivity index (χ4v) is 6.29. The molecule has 1 aromatic rings. The van der Waals surface area contributed by atoms with Gasteiger partial charge in [-0.1, -0.05) is 0 Å². The molecule has 1 aromatic heterocycles. The number of rotatable bonds is 4. The predicted molar refractivity (Wildman–Crippen MR) is 114 cm³/mol. The van der Waals surface area contributed by atoms with E-state index in [4.69, 9.17) is 10.5 Å². The van der Waals surface area contributed by atoms with E-state index in [9.17, 15) is 8.42 Å². The Morgan fingerprint density at radius 3 is 2.56 bits per heavy atom. The predicted octanol–water partition coefficient (Wildman–Crippen LogP) is 1.25. The minimum absolute atomic E-state index is 0. The number of sulfonamides is 1. The molecule has 0 amide bonds. The minimum Gasteiger partial charge on any atom is -0.379 e. The van der Waals surface area contributed by atoms with Gasteiger partial charge in [-0.15, -0.1) is 35.3 Å². The molecule has 7 nitrogen and oxygen atoms in total. The summed E-state index contributed by atoms with van der Waals surface area (Å²) in [6.45, 7) is 3.97. The highest BCUT2D eigenvalue weighted by Gasteiger charge is 2.27. The van der Waals surface area contributed by atoms with Gasteiger partial charge in [-0.25, -0.2) is 13.4 Å². The number of thiophene rings is 1. The molecule has 0 bridgehead atoms. The fraction of sp³-hybridized carbons (Fsp3) is 0.643. The zero-order valence-electron chi connectivity index (χ0n) is 13.8. The Morgan fingerprint density at radius 2 is 1.88 bits per heavy atom. The standard InChI is InChI=1S/C14H22N4O3S3.HI/c15-14(17-5-9-22-10-6-17)16-11-12-1-2-13(23-12)24(19,20)18-3-7-21-8-4-18;/h1-2H,3-11H2,(H2,15,16);1H. The van der Waals surface area contributed by atoms with Gasteiger partial charge in [0.15, 0.2) is 5.96 Å². The smallest absolute Gasteiger partial charge is 0.252 e. The maximum Gasteiger partial charge on any atom is 0.252 e. The number of hydrogen-bond acceptors (Lipinski definition) is 6. The summed E-state index contributed by atoms with van der Waals surface area (Å²) in [6, 6.07) is 3.48. The highest BCUT2D eigenvalue weighted by molar-refractivity contribution is 14.0. The maximum atomic E-state index is 12.6. The van der Waals surface area contributed by atoms with Crippen molar-refractivity contribution in [1.82, 2.24) is 9.21 Å². The van der Waals surface area contributed by atoms with Crippen LogP contribution in [0.4, 0.5) is 0 Å². The maximum absolute atomic E-state index is 12.6. The molecule has 11 heteroatoms. The van der Waals surface area contributed by atoms with Gasteiger partial charge in [0.05, 0.1) is 19.8 Å². The zero-order chi connectivity index (χ0) is 17.0. The molecule has 2 fully saturated rings. The highest BCUT2D eigenvalue weighted by atomic mass is 127. The van der Waals surface area contributed by atoms with Crippen molar-refractivity contribution in [1.29, 1.82) is 0 Å². The van der Waals surface area contributed by atoms with E-state index in [2.05, 4.69) is 9.89 Å². The Bertz CT molecular complexity index is 683. The Morgan fingerprint density at radius 1 is 1.20 bits per heavy atom. The fourth-order valence-electron chi connectivity index (χ4n) is 2.55. The van der Waals surface area contributed by atoms with Crippen molar-refractivity contribution in [3.63, 3.8) is 0 Å². The zero-order valence-corrected chi connectivity index (χ0v) is 18.6. The number of nitrogens with zero attached hydrogens (tertiary/aromatic N) is 3. The van der Waals surface area contributed by atoms with Gasteiger partial charge in [0, 0.05) is 42.6 Å². The first-order valence-corrected chi connectivity index (χ1v) is 11.3. The lowest BCUT2D eigenvalue weighted by Crippen LogP contribution is -2.42. The number of nitrogens with two attached hydrogens (primary N) is 1. The third kappa shape index (κ3) is 5.45. The SMILES string of the molecule is I.NC(=NCc1ccc(S(=O)(=O)N2CCOCC2)s1)N1CCSCC1. The monoisotopic (exact) mass is 518 g/mol. The second kappa shape index (κ2) is 9.74. The summed E-state index contributed by atoms with van der Waals surface area (Å²) < 4.78 is 32.3. The molecule has 2 aliphatic rings. The van der Waals surface area contributed by atoms with Gasteiger partial charge in [-0.3, -0.25) is 0 Å². The van der Waals surface area contributed by atoms with Crippen molar-refractivity contribution < 1.29 is 13.2 Å². The molecule has 0 aliphatic carbocycles. The van der Waals surface area contributed by atoms with Crippen LogP contribution in [-0.4, -0.2) is 74.5 Å². The van der Waals surface area contributed by atoms with Crippen LogP contribution in [0, 0.1) is 0 Å². The Kier molecular flexibility index (Phi) is 8.27. The lowest BCUT2D eigenvalue weighted by molar-refractivity contribution is 0.0731. The molecule has 3 heterocycles. The lowest BCUT2D eigenvalue weighted by atomic mass is 10.5.